The van der Waals surface area contributed by atoms with Crippen molar-refractivity contribution in [1.29, 1.82) is 0 Å². The Morgan fingerprint density at radius 3 is 2.82 bits per heavy atom. The summed E-state index contributed by atoms with van der Waals surface area (Å²) in [5.74, 6) is 0.863. The number of aliphatic hydroxyl groups excluding tert-OH is 1. The summed E-state index contributed by atoms with van der Waals surface area (Å²) in [6, 6.07) is 8.12. The van der Waals surface area contributed by atoms with E-state index in [9.17, 15) is 0 Å². The van der Waals surface area contributed by atoms with Crippen LogP contribution in [0.3, 0.4) is 0 Å². The Hall–Kier alpha value is -1.26. The van der Waals surface area contributed by atoms with Crippen molar-refractivity contribution in [1.82, 2.24) is 5.32 Å². The minimum atomic E-state index is 0.156. The Labute approximate surface area is 103 Å². The summed E-state index contributed by atoms with van der Waals surface area (Å²) in [4.78, 5) is 2.16. The molecule has 96 valence electrons. The highest BCUT2D eigenvalue weighted by Crippen LogP contribution is 2.19. The topological polar surface area (TPSA) is 44.7 Å². The van der Waals surface area contributed by atoms with Crippen LogP contribution in [0.2, 0.25) is 0 Å². The van der Waals surface area contributed by atoms with Crippen LogP contribution >= 0.6 is 0 Å². The molecular weight excluding hydrogens is 216 g/mol. The Morgan fingerprint density at radius 1 is 1.47 bits per heavy atom. The van der Waals surface area contributed by atoms with Crippen LogP contribution in [-0.2, 0) is 0 Å². The summed E-state index contributed by atoms with van der Waals surface area (Å²) in [7, 11) is 5.58. The van der Waals surface area contributed by atoms with Gasteiger partial charge < -0.3 is 20.1 Å². The molecular formula is C13H22N2O2. The molecule has 0 aromatic heterocycles. The summed E-state index contributed by atoms with van der Waals surface area (Å²) < 4.78 is 5.19. The fraction of sp³-hybridized carbons (Fsp3) is 0.538. The second-order valence-electron chi connectivity index (χ2n) is 4.08. The highest BCUT2D eigenvalue weighted by molar-refractivity contribution is 5.49. The Balaban J connectivity index is 2.53. The van der Waals surface area contributed by atoms with Gasteiger partial charge in [-0.3, -0.25) is 0 Å². The zero-order valence-electron chi connectivity index (χ0n) is 10.8. The molecule has 0 fully saturated rings. The number of hydrogen-bond donors (Lipinski definition) is 2. The van der Waals surface area contributed by atoms with Crippen molar-refractivity contribution in [3.63, 3.8) is 0 Å². The smallest absolute Gasteiger partial charge is 0.120 e. The van der Waals surface area contributed by atoms with Gasteiger partial charge >= 0.3 is 0 Å². The van der Waals surface area contributed by atoms with Gasteiger partial charge in [-0.05, 0) is 25.6 Å². The van der Waals surface area contributed by atoms with E-state index >= 15 is 0 Å². The van der Waals surface area contributed by atoms with Crippen LogP contribution in [-0.4, -0.2) is 45.5 Å². The van der Waals surface area contributed by atoms with E-state index in [1.807, 2.05) is 32.3 Å². The van der Waals surface area contributed by atoms with Gasteiger partial charge in [0.1, 0.15) is 5.75 Å². The van der Waals surface area contributed by atoms with Crippen LogP contribution in [0, 0.1) is 0 Å². The number of ether oxygens (including phenoxy) is 1. The molecule has 4 nitrogen and oxygen atoms in total. The van der Waals surface area contributed by atoms with Crippen LogP contribution in [0.25, 0.3) is 0 Å². The van der Waals surface area contributed by atoms with Gasteiger partial charge in [-0.15, -0.1) is 0 Å². The lowest BCUT2D eigenvalue weighted by Gasteiger charge is -2.22. The number of likely N-dealkylation sites (N-methyl/N-ethyl adjacent to an activating group) is 1. The average molecular weight is 238 g/mol. The molecule has 0 bridgehead atoms. The third-order valence-corrected chi connectivity index (χ3v) is 2.94. The van der Waals surface area contributed by atoms with Crippen molar-refractivity contribution in [3.8, 4) is 5.75 Å². The molecule has 0 amide bonds. The molecule has 2 N–H and O–H groups in total. The van der Waals surface area contributed by atoms with E-state index in [-0.39, 0.29) is 12.6 Å². The summed E-state index contributed by atoms with van der Waals surface area (Å²) >= 11 is 0. The van der Waals surface area contributed by atoms with Crippen LogP contribution in [0.15, 0.2) is 24.3 Å². The van der Waals surface area contributed by atoms with Crippen LogP contribution < -0.4 is 15.0 Å². The lowest BCUT2D eigenvalue weighted by molar-refractivity contribution is 0.243. The van der Waals surface area contributed by atoms with E-state index in [4.69, 9.17) is 9.84 Å². The third-order valence-electron chi connectivity index (χ3n) is 2.94. The van der Waals surface area contributed by atoms with Crippen molar-refractivity contribution in [3.05, 3.63) is 24.3 Å². The Bertz CT molecular complexity index is 327. The third kappa shape index (κ3) is 4.24. The largest absolute Gasteiger partial charge is 0.497 e. The van der Waals surface area contributed by atoms with Crippen molar-refractivity contribution < 1.29 is 9.84 Å². The monoisotopic (exact) mass is 238 g/mol. The number of anilines is 1. The molecule has 1 rings (SSSR count). The normalized spacial score (nSPS) is 12.2. The van der Waals surface area contributed by atoms with Gasteiger partial charge in [-0.1, -0.05) is 6.07 Å². The van der Waals surface area contributed by atoms with Crippen molar-refractivity contribution in [2.24, 2.45) is 0 Å². The number of benzene rings is 1. The van der Waals surface area contributed by atoms with Gasteiger partial charge in [0.05, 0.1) is 13.7 Å². The second-order valence-corrected chi connectivity index (χ2v) is 4.08. The van der Waals surface area contributed by atoms with Gasteiger partial charge in [0.25, 0.3) is 0 Å². The lowest BCUT2D eigenvalue weighted by atomic mass is 10.2. The first kappa shape index (κ1) is 13.8. The van der Waals surface area contributed by atoms with Gasteiger partial charge in [-0.2, -0.15) is 0 Å². The number of rotatable bonds is 7. The Kier molecular flexibility index (Phi) is 5.80. The van der Waals surface area contributed by atoms with Gasteiger partial charge in [-0.25, -0.2) is 0 Å². The average Bonchev–Trinajstić information content (AvgIpc) is 2.39. The molecule has 17 heavy (non-hydrogen) atoms. The van der Waals surface area contributed by atoms with Gasteiger partial charge in [0.2, 0.25) is 0 Å². The highest BCUT2D eigenvalue weighted by Gasteiger charge is 2.07. The fourth-order valence-electron chi connectivity index (χ4n) is 1.65. The molecule has 0 spiro atoms. The molecule has 0 radical (unpaired) electrons. The maximum absolute atomic E-state index is 9.09. The van der Waals surface area contributed by atoms with Gasteiger partial charge in [0, 0.05) is 31.4 Å². The number of aliphatic hydroxyl groups is 1. The molecule has 1 aromatic carbocycles. The minimum Gasteiger partial charge on any atom is -0.497 e. The maximum atomic E-state index is 9.09. The molecule has 0 aliphatic rings. The summed E-state index contributed by atoms with van der Waals surface area (Å²) in [5.41, 5.74) is 1.12. The van der Waals surface area contributed by atoms with E-state index < -0.39 is 0 Å². The molecule has 0 heterocycles. The van der Waals surface area contributed by atoms with Crippen molar-refractivity contribution in [2.45, 2.75) is 12.5 Å². The number of hydrogen-bond acceptors (Lipinski definition) is 4. The molecule has 0 saturated carbocycles. The first-order chi connectivity index (χ1) is 8.21. The van der Waals surface area contributed by atoms with Crippen LogP contribution in [0.5, 0.6) is 5.75 Å². The predicted molar refractivity (Wildman–Crippen MR) is 70.8 cm³/mol. The number of nitrogens with zero attached hydrogens (tertiary/aromatic N) is 1. The van der Waals surface area contributed by atoms with E-state index in [1.165, 1.54) is 0 Å². The standard InChI is InChI=1S/C13H22N2O2/c1-14-11(10-16)7-8-15(2)12-5-4-6-13(9-12)17-3/h4-6,9,11,14,16H,7-8,10H2,1-3H3. The van der Waals surface area contributed by atoms with E-state index in [0.717, 1.165) is 24.4 Å². The molecule has 1 aromatic rings. The van der Waals surface area contributed by atoms with E-state index in [2.05, 4.69) is 16.3 Å². The lowest BCUT2D eigenvalue weighted by Crippen LogP contribution is -2.33. The predicted octanol–water partition coefficient (Wildman–Crippen LogP) is 1.10. The van der Waals surface area contributed by atoms with Crippen LogP contribution in [0.4, 0.5) is 5.69 Å². The number of nitrogens with one attached hydrogen (secondary N) is 1. The van der Waals surface area contributed by atoms with E-state index in [0.29, 0.717) is 0 Å². The molecule has 1 atom stereocenters. The first-order valence-corrected chi connectivity index (χ1v) is 5.84. The fourth-order valence-corrected chi connectivity index (χ4v) is 1.65. The van der Waals surface area contributed by atoms with E-state index in [1.54, 1.807) is 7.11 Å². The van der Waals surface area contributed by atoms with Crippen molar-refractivity contribution in [2.75, 3.05) is 39.3 Å². The summed E-state index contributed by atoms with van der Waals surface area (Å²) in [6.45, 7) is 1.06. The minimum absolute atomic E-state index is 0.156. The highest BCUT2D eigenvalue weighted by atomic mass is 16.5. The number of methoxy groups -OCH3 is 1. The van der Waals surface area contributed by atoms with Crippen molar-refractivity contribution >= 4 is 5.69 Å². The molecule has 1 unspecified atom stereocenters. The second kappa shape index (κ2) is 7.14. The summed E-state index contributed by atoms with van der Waals surface area (Å²) in [5, 5.41) is 12.2. The van der Waals surface area contributed by atoms with Crippen LogP contribution in [0.1, 0.15) is 6.42 Å². The molecule has 0 saturated heterocycles. The molecule has 0 aliphatic heterocycles. The Morgan fingerprint density at radius 2 is 2.24 bits per heavy atom. The van der Waals surface area contributed by atoms with Gasteiger partial charge in [0.15, 0.2) is 0 Å². The zero-order valence-corrected chi connectivity index (χ0v) is 10.8. The zero-order chi connectivity index (χ0) is 12.7. The maximum Gasteiger partial charge on any atom is 0.120 e. The quantitative estimate of drug-likeness (QED) is 0.747. The SMILES string of the molecule is CNC(CO)CCN(C)c1cccc(OC)c1. The molecule has 4 heteroatoms. The summed E-state index contributed by atoms with van der Waals surface area (Å²) in [6.07, 6.45) is 0.903. The first-order valence-electron chi connectivity index (χ1n) is 5.84. The molecule has 0 aliphatic carbocycles.